The van der Waals surface area contributed by atoms with E-state index < -0.39 is 11.4 Å². The second kappa shape index (κ2) is 5.91. The van der Waals surface area contributed by atoms with Crippen LogP contribution in [0.2, 0.25) is 5.02 Å². The van der Waals surface area contributed by atoms with E-state index >= 15 is 0 Å². The van der Waals surface area contributed by atoms with Gasteiger partial charge in [-0.05, 0) is 29.3 Å². The number of halogens is 3. The fourth-order valence-corrected chi connectivity index (χ4v) is 2.41. The standard InChI is InChI=1S/C15H13Cl2FO/c16-10-15(19,12-5-3-6-13(18)8-12)9-11-4-1-2-7-14(11)17/h1-8,19H,9-10H2. The molecule has 0 amide bonds. The highest BCUT2D eigenvalue weighted by Gasteiger charge is 2.29. The van der Waals surface area contributed by atoms with Gasteiger partial charge in [-0.25, -0.2) is 4.39 Å². The van der Waals surface area contributed by atoms with Crippen LogP contribution < -0.4 is 0 Å². The molecule has 0 fully saturated rings. The van der Waals surface area contributed by atoms with E-state index in [1.807, 2.05) is 18.2 Å². The summed E-state index contributed by atoms with van der Waals surface area (Å²) in [6, 6.07) is 13.0. The van der Waals surface area contributed by atoms with Crippen molar-refractivity contribution in [1.82, 2.24) is 0 Å². The van der Waals surface area contributed by atoms with Gasteiger partial charge in [-0.3, -0.25) is 0 Å². The molecule has 2 aromatic carbocycles. The molecule has 0 aromatic heterocycles. The second-order valence-corrected chi connectivity index (χ2v) is 5.12. The topological polar surface area (TPSA) is 20.2 Å². The van der Waals surface area contributed by atoms with Crippen molar-refractivity contribution >= 4 is 23.2 Å². The predicted molar refractivity (Wildman–Crippen MR) is 76.2 cm³/mol. The Balaban J connectivity index is 2.36. The Morgan fingerprint density at radius 3 is 2.47 bits per heavy atom. The van der Waals surface area contributed by atoms with E-state index in [0.29, 0.717) is 10.6 Å². The Labute approximate surface area is 121 Å². The third-order valence-electron chi connectivity index (χ3n) is 3.02. The number of hydrogen-bond donors (Lipinski definition) is 1. The Hall–Kier alpha value is -1.09. The molecule has 0 aliphatic rings. The van der Waals surface area contributed by atoms with E-state index in [1.165, 1.54) is 12.1 Å². The van der Waals surface area contributed by atoms with Crippen molar-refractivity contribution in [3.8, 4) is 0 Å². The minimum atomic E-state index is -1.34. The van der Waals surface area contributed by atoms with Crippen molar-refractivity contribution in [2.24, 2.45) is 0 Å². The van der Waals surface area contributed by atoms with Crippen LogP contribution in [0.25, 0.3) is 0 Å². The zero-order chi connectivity index (χ0) is 13.9. The summed E-state index contributed by atoms with van der Waals surface area (Å²) >= 11 is 12.0. The molecule has 1 N–H and O–H groups in total. The Morgan fingerprint density at radius 1 is 1.11 bits per heavy atom. The molecular formula is C15H13Cl2FO. The maximum atomic E-state index is 13.3. The van der Waals surface area contributed by atoms with Gasteiger partial charge in [0.2, 0.25) is 0 Å². The lowest BCUT2D eigenvalue weighted by Gasteiger charge is -2.27. The first kappa shape index (κ1) is 14.3. The molecule has 0 saturated carbocycles. The molecule has 0 aliphatic heterocycles. The third kappa shape index (κ3) is 3.27. The highest BCUT2D eigenvalue weighted by atomic mass is 35.5. The van der Waals surface area contributed by atoms with Crippen molar-refractivity contribution in [3.05, 3.63) is 70.5 Å². The summed E-state index contributed by atoms with van der Waals surface area (Å²) < 4.78 is 13.3. The molecular weight excluding hydrogens is 286 g/mol. The van der Waals surface area contributed by atoms with Gasteiger partial charge in [-0.2, -0.15) is 0 Å². The molecule has 0 saturated heterocycles. The van der Waals surface area contributed by atoms with Crippen LogP contribution in [0.4, 0.5) is 4.39 Å². The van der Waals surface area contributed by atoms with Crippen LogP contribution in [0.3, 0.4) is 0 Å². The van der Waals surface area contributed by atoms with Crippen molar-refractivity contribution in [2.45, 2.75) is 12.0 Å². The number of alkyl halides is 1. The molecule has 1 nitrogen and oxygen atoms in total. The normalized spacial score (nSPS) is 14.1. The van der Waals surface area contributed by atoms with Gasteiger partial charge < -0.3 is 5.11 Å². The van der Waals surface area contributed by atoms with Gasteiger partial charge in [0.1, 0.15) is 11.4 Å². The lowest BCUT2D eigenvalue weighted by molar-refractivity contribution is 0.0611. The van der Waals surface area contributed by atoms with Crippen LogP contribution in [0, 0.1) is 5.82 Å². The number of benzene rings is 2. The van der Waals surface area contributed by atoms with Crippen LogP contribution in [-0.2, 0) is 12.0 Å². The van der Waals surface area contributed by atoms with Gasteiger partial charge in [0.25, 0.3) is 0 Å². The summed E-state index contributed by atoms with van der Waals surface area (Å²) in [7, 11) is 0. The molecule has 0 aliphatic carbocycles. The lowest BCUT2D eigenvalue weighted by atomic mass is 9.89. The summed E-state index contributed by atoms with van der Waals surface area (Å²) in [5.41, 5.74) is -0.117. The summed E-state index contributed by atoms with van der Waals surface area (Å²) in [6.45, 7) is 0. The van der Waals surface area contributed by atoms with Gasteiger partial charge in [-0.15, -0.1) is 11.6 Å². The highest BCUT2D eigenvalue weighted by Crippen LogP contribution is 2.30. The van der Waals surface area contributed by atoms with Gasteiger partial charge >= 0.3 is 0 Å². The van der Waals surface area contributed by atoms with Crippen LogP contribution in [0.5, 0.6) is 0 Å². The van der Waals surface area contributed by atoms with Crippen LogP contribution in [-0.4, -0.2) is 11.0 Å². The SMILES string of the molecule is OC(CCl)(Cc1ccccc1Cl)c1cccc(F)c1. The molecule has 1 unspecified atom stereocenters. The van der Waals surface area contributed by atoms with Crippen LogP contribution >= 0.6 is 23.2 Å². The quantitative estimate of drug-likeness (QED) is 0.841. The van der Waals surface area contributed by atoms with Crippen molar-refractivity contribution in [2.75, 3.05) is 5.88 Å². The molecule has 2 rings (SSSR count). The number of hydrogen-bond acceptors (Lipinski definition) is 1. The zero-order valence-corrected chi connectivity index (χ0v) is 11.6. The molecule has 100 valence electrons. The first-order valence-electron chi connectivity index (χ1n) is 5.83. The summed E-state index contributed by atoms with van der Waals surface area (Å²) in [5, 5.41) is 11.2. The minimum absolute atomic E-state index is 0.0400. The maximum Gasteiger partial charge on any atom is 0.123 e. The fourth-order valence-electron chi connectivity index (χ4n) is 1.96. The van der Waals surface area contributed by atoms with E-state index in [0.717, 1.165) is 5.56 Å². The lowest BCUT2D eigenvalue weighted by Crippen LogP contribution is -2.31. The molecule has 0 radical (unpaired) electrons. The smallest absolute Gasteiger partial charge is 0.123 e. The van der Waals surface area contributed by atoms with Gasteiger partial charge in [0, 0.05) is 11.4 Å². The van der Waals surface area contributed by atoms with E-state index in [2.05, 4.69) is 0 Å². The fraction of sp³-hybridized carbons (Fsp3) is 0.200. The molecule has 4 heteroatoms. The average Bonchev–Trinajstić information content (AvgIpc) is 2.41. The Bertz CT molecular complexity index is 574. The zero-order valence-electron chi connectivity index (χ0n) is 10.1. The van der Waals surface area contributed by atoms with Gasteiger partial charge in [-0.1, -0.05) is 41.9 Å². The molecule has 1 atom stereocenters. The molecule has 0 spiro atoms. The molecule has 0 heterocycles. The third-order valence-corrected chi connectivity index (χ3v) is 3.83. The van der Waals surface area contributed by atoms with Crippen LogP contribution in [0.1, 0.15) is 11.1 Å². The summed E-state index contributed by atoms with van der Waals surface area (Å²) in [6.07, 6.45) is 0.236. The largest absolute Gasteiger partial charge is 0.384 e. The minimum Gasteiger partial charge on any atom is -0.384 e. The maximum absolute atomic E-state index is 13.3. The Kier molecular flexibility index (Phi) is 4.46. The van der Waals surface area contributed by atoms with Crippen molar-refractivity contribution in [1.29, 1.82) is 0 Å². The monoisotopic (exact) mass is 298 g/mol. The van der Waals surface area contributed by atoms with E-state index in [4.69, 9.17) is 23.2 Å². The number of aliphatic hydroxyl groups is 1. The number of rotatable bonds is 4. The van der Waals surface area contributed by atoms with E-state index in [-0.39, 0.29) is 12.3 Å². The van der Waals surface area contributed by atoms with Gasteiger partial charge in [0.05, 0.1) is 5.88 Å². The molecule has 19 heavy (non-hydrogen) atoms. The van der Waals surface area contributed by atoms with Crippen molar-refractivity contribution in [3.63, 3.8) is 0 Å². The second-order valence-electron chi connectivity index (χ2n) is 4.44. The summed E-state index contributed by atoms with van der Waals surface area (Å²) in [5.74, 6) is -0.443. The van der Waals surface area contributed by atoms with Gasteiger partial charge in [0.15, 0.2) is 0 Å². The average molecular weight is 299 g/mol. The predicted octanol–water partition coefficient (Wildman–Crippen LogP) is 4.15. The Morgan fingerprint density at radius 2 is 1.84 bits per heavy atom. The highest BCUT2D eigenvalue weighted by molar-refractivity contribution is 6.31. The van der Waals surface area contributed by atoms with E-state index in [1.54, 1.807) is 18.2 Å². The first-order valence-corrected chi connectivity index (χ1v) is 6.74. The van der Waals surface area contributed by atoms with E-state index in [9.17, 15) is 9.50 Å². The molecule has 0 bridgehead atoms. The summed E-state index contributed by atoms with van der Waals surface area (Å²) in [4.78, 5) is 0. The molecule has 2 aromatic rings. The van der Waals surface area contributed by atoms with Crippen LogP contribution in [0.15, 0.2) is 48.5 Å². The van der Waals surface area contributed by atoms with Crippen molar-refractivity contribution < 1.29 is 9.50 Å². The first-order chi connectivity index (χ1) is 9.05.